The van der Waals surface area contributed by atoms with Gasteiger partial charge in [0.2, 0.25) is 0 Å². The molecule has 0 rings (SSSR count). The standard InChI is InChI=1S/C12H28Si/c1-11(2,3)9-10-13(7,8)12(4,5)6/h9-10H2,1-8H3. The van der Waals surface area contributed by atoms with E-state index in [-0.39, 0.29) is 0 Å². The number of hydrogen-bond acceptors (Lipinski definition) is 0. The van der Waals surface area contributed by atoms with Crippen LogP contribution in [0.2, 0.25) is 24.2 Å². The van der Waals surface area contributed by atoms with Gasteiger partial charge in [-0.1, -0.05) is 67.1 Å². The van der Waals surface area contributed by atoms with Crippen molar-refractivity contribution >= 4 is 8.07 Å². The first kappa shape index (κ1) is 13.2. The van der Waals surface area contributed by atoms with Crippen molar-refractivity contribution in [1.29, 1.82) is 0 Å². The van der Waals surface area contributed by atoms with Gasteiger partial charge in [-0.05, 0) is 10.5 Å². The van der Waals surface area contributed by atoms with Gasteiger partial charge < -0.3 is 0 Å². The monoisotopic (exact) mass is 200 g/mol. The van der Waals surface area contributed by atoms with Gasteiger partial charge in [-0.15, -0.1) is 0 Å². The molecule has 0 aliphatic heterocycles. The minimum atomic E-state index is -1.01. The third-order valence-electron chi connectivity index (χ3n) is 3.53. The molecule has 0 unspecified atom stereocenters. The molecule has 0 aromatic rings. The highest BCUT2D eigenvalue weighted by molar-refractivity contribution is 6.80. The minimum absolute atomic E-state index is 0.509. The maximum absolute atomic E-state index is 2.53. The molecule has 0 spiro atoms. The van der Waals surface area contributed by atoms with Gasteiger partial charge in [0.25, 0.3) is 0 Å². The lowest BCUT2D eigenvalue weighted by Gasteiger charge is -2.38. The Bertz CT molecular complexity index is 155. The molecule has 0 aliphatic carbocycles. The molecule has 0 atom stereocenters. The zero-order valence-electron chi connectivity index (χ0n) is 10.9. The largest absolute Gasteiger partial charge is 0.0690 e. The highest BCUT2D eigenvalue weighted by Crippen LogP contribution is 2.41. The Morgan fingerprint density at radius 1 is 0.846 bits per heavy atom. The van der Waals surface area contributed by atoms with Crippen molar-refractivity contribution in [2.75, 3.05) is 0 Å². The fraction of sp³-hybridized carbons (Fsp3) is 1.00. The summed E-state index contributed by atoms with van der Waals surface area (Å²) < 4.78 is 0. The highest BCUT2D eigenvalue weighted by atomic mass is 28.3. The van der Waals surface area contributed by atoms with Gasteiger partial charge in [-0.3, -0.25) is 0 Å². The van der Waals surface area contributed by atoms with Crippen molar-refractivity contribution in [3.05, 3.63) is 0 Å². The van der Waals surface area contributed by atoms with Gasteiger partial charge in [0.15, 0.2) is 0 Å². The Balaban J connectivity index is 4.21. The van der Waals surface area contributed by atoms with Gasteiger partial charge in [-0.25, -0.2) is 0 Å². The van der Waals surface area contributed by atoms with E-state index >= 15 is 0 Å². The topological polar surface area (TPSA) is 0 Å². The van der Waals surface area contributed by atoms with Crippen molar-refractivity contribution in [3.8, 4) is 0 Å². The molecule has 0 heterocycles. The Morgan fingerprint density at radius 2 is 1.23 bits per heavy atom. The molecule has 0 N–H and O–H groups in total. The van der Waals surface area contributed by atoms with E-state index in [1.54, 1.807) is 0 Å². The van der Waals surface area contributed by atoms with E-state index in [0.29, 0.717) is 10.5 Å². The molecular weight excluding hydrogens is 172 g/mol. The molecule has 13 heavy (non-hydrogen) atoms. The van der Waals surface area contributed by atoms with Crippen LogP contribution in [0.1, 0.15) is 48.0 Å². The fourth-order valence-corrected chi connectivity index (χ4v) is 3.19. The molecular formula is C12H28Si. The summed E-state index contributed by atoms with van der Waals surface area (Å²) >= 11 is 0. The molecule has 0 saturated heterocycles. The van der Waals surface area contributed by atoms with E-state index in [4.69, 9.17) is 0 Å². The molecule has 0 saturated carbocycles. The van der Waals surface area contributed by atoms with Crippen molar-refractivity contribution in [3.63, 3.8) is 0 Å². The average Bonchev–Trinajstić information content (AvgIpc) is 1.79. The van der Waals surface area contributed by atoms with Gasteiger partial charge in [-0.2, -0.15) is 0 Å². The molecule has 0 fully saturated rings. The molecule has 0 nitrogen and oxygen atoms in total. The SMILES string of the molecule is CC(C)(C)CC[Si](C)(C)C(C)(C)C. The smallest absolute Gasteiger partial charge is 0.0527 e. The van der Waals surface area contributed by atoms with Crippen LogP contribution in [0.15, 0.2) is 0 Å². The Morgan fingerprint density at radius 3 is 1.46 bits per heavy atom. The lowest BCUT2D eigenvalue weighted by molar-refractivity contribution is 0.393. The van der Waals surface area contributed by atoms with E-state index in [0.717, 1.165) is 0 Å². The highest BCUT2D eigenvalue weighted by Gasteiger charge is 2.35. The first-order valence-corrected chi connectivity index (χ1v) is 8.66. The minimum Gasteiger partial charge on any atom is -0.0690 e. The fourth-order valence-electron chi connectivity index (χ4n) is 1.06. The van der Waals surface area contributed by atoms with Gasteiger partial charge in [0.05, 0.1) is 8.07 Å². The van der Waals surface area contributed by atoms with Crippen LogP contribution in [-0.2, 0) is 0 Å². The molecule has 0 aromatic carbocycles. The van der Waals surface area contributed by atoms with E-state index < -0.39 is 8.07 Å². The van der Waals surface area contributed by atoms with Gasteiger partial charge in [0.1, 0.15) is 0 Å². The third kappa shape index (κ3) is 4.85. The van der Waals surface area contributed by atoms with E-state index in [9.17, 15) is 0 Å². The summed E-state index contributed by atoms with van der Waals surface area (Å²) in [6.45, 7) is 19.3. The molecule has 0 aromatic heterocycles. The quantitative estimate of drug-likeness (QED) is 0.554. The average molecular weight is 200 g/mol. The van der Waals surface area contributed by atoms with Crippen LogP contribution >= 0.6 is 0 Å². The Hall–Kier alpha value is 0.217. The lowest BCUT2D eigenvalue weighted by atomic mass is 9.94. The first-order chi connectivity index (χ1) is 5.46. The van der Waals surface area contributed by atoms with Gasteiger partial charge >= 0.3 is 0 Å². The Kier molecular flexibility index (Phi) is 3.82. The second kappa shape index (κ2) is 3.76. The summed E-state index contributed by atoms with van der Waals surface area (Å²) in [5, 5.41) is 0.554. The second-order valence-corrected chi connectivity index (χ2v) is 13.0. The summed E-state index contributed by atoms with van der Waals surface area (Å²) in [7, 11) is -1.01. The van der Waals surface area contributed by atoms with Crippen molar-refractivity contribution in [2.45, 2.75) is 72.1 Å². The van der Waals surface area contributed by atoms with Crippen LogP contribution in [0.3, 0.4) is 0 Å². The molecule has 0 aliphatic rings. The van der Waals surface area contributed by atoms with Gasteiger partial charge in [0, 0.05) is 0 Å². The lowest BCUT2D eigenvalue weighted by Crippen LogP contribution is -2.37. The maximum atomic E-state index is 2.53. The van der Waals surface area contributed by atoms with Crippen LogP contribution < -0.4 is 0 Å². The summed E-state index contributed by atoms with van der Waals surface area (Å²) in [5.41, 5.74) is 0.509. The molecule has 0 amide bonds. The number of rotatable bonds is 2. The van der Waals surface area contributed by atoms with Crippen LogP contribution in [-0.4, -0.2) is 8.07 Å². The first-order valence-electron chi connectivity index (χ1n) is 5.46. The summed E-state index contributed by atoms with van der Waals surface area (Å²) in [6.07, 6.45) is 1.38. The van der Waals surface area contributed by atoms with E-state index in [2.05, 4.69) is 54.6 Å². The Labute approximate surface area is 86.1 Å². The van der Waals surface area contributed by atoms with Crippen molar-refractivity contribution in [1.82, 2.24) is 0 Å². The van der Waals surface area contributed by atoms with E-state index in [1.807, 2.05) is 0 Å². The molecule has 0 radical (unpaired) electrons. The van der Waals surface area contributed by atoms with Crippen LogP contribution in [0.5, 0.6) is 0 Å². The van der Waals surface area contributed by atoms with Crippen LogP contribution in [0.25, 0.3) is 0 Å². The molecule has 80 valence electrons. The van der Waals surface area contributed by atoms with Crippen molar-refractivity contribution in [2.24, 2.45) is 5.41 Å². The zero-order valence-corrected chi connectivity index (χ0v) is 11.9. The summed E-state index contributed by atoms with van der Waals surface area (Å²) in [4.78, 5) is 0. The van der Waals surface area contributed by atoms with Crippen LogP contribution in [0, 0.1) is 5.41 Å². The molecule has 0 bridgehead atoms. The van der Waals surface area contributed by atoms with Crippen molar-refractivity contribution < 1.29 is 0 Å². The predicted octanol–water partition coefficient (Wildman–Crippen LogP) is 4.93. The molecule has 1 heteroatoms. The van der Waals surface area contributed by atoms with Crippen LogP contribution in [0.4, 0.5) is 0 Å². The van der Waals surface area contributed by atoms with E-state index in [1.165, 1.54) is 12.5 Å². The summed E-state index contributed by atoms with van der Waals surface area (Å²) in [6, 6.07) is 1.46. The summed E-state index contributed by atoms with van der Waals surface area (Å²) in [5.74, 6) is 0. The predicted molar refractivity (Wildman–Crippen MR) is 66.1 cm³/mol. The number of hydrogen-bond donors (Lipinski definition) is 0. The maximum Gasteiger partial charge on any atom is 0.0527 e. The zero-order chi connectivity index (χ0) is 10.9. The third-order valence-corrected chi connectivity index (χ3v) is 9.09. The second-order valence-electron chi connectivity index (χ2n) is 7.19. The normalized spacial score (nSPS) is 14.8.